The molecule has 3 rings (SSSR count). The summed E-state index contributed by atoms with van der Waals surface area (Å²) in [6.45, 7) is 5.50. The van der Waals surface area contributed by atoms with Gasteiger partial charge in [0.2, 0.25) is 0 Å². The maximum Gasteiger partial charge on any atom is 0.147 e. The topological polar surface area (TPSA) is 51.0 Å². The summed E-state index contributed by atoms with van der Waals surface area (Å²) in [6.07, 6.45) is 0. The van der Waals surface area contributed by atoms with Gasteiger partial charge in [0.05, 0.1) is 17.3 Å². The van der Waals surface area contributed by atoms with Gasteiger partial charge >= 0.3 is 0 Å². The van der Waals surface area contributed by atoms with Crippen molar-refractivity contribution < 1.29 is 4.21 Å². The summed E-state index contributed by atoms with van der Waals surface area (Å²) >= 11 is 0. The van der Waals surface area contributed by atoms with E-state index in [-0.39, 0.29) is 0 Å². The van der Waals surface area contributed by atoms with Crippen molar-refractivity contribution >= 4 is 10.8 Å². The Morgan fingerprint density at radius 1 is 1.20 bits per heavy atom. The Balaban J connectivity index is 1.57. The van der Waals surface area contributed by atoms with Gasteiger partial charge in [-0.1, -0.05) is 18.2 Å². The van der Waals surface area contributed by atoms with Gasteiger partial charge < -0.3 is 4.57 Å². The van der Waals surface area contributed by atoms with Crippen LogP contribution < -0.4 is 0 Å². The molecule has 0 saturated carbocycles. The van der Waals surface area contributed by atoms with Crippen LogP contribution >= 0.6 is 0 Å². The van der Waals surface area contributed by atoms with Crippen LogP contribution in [-0.4, -0.2) is 42.7 Å². The fraction of sp³-hybridized carbons (Fsp3) is 0.429. The number of aryl methyl sites for hydroxylation is 1. The third kappa shape index (κ3) is 2.81. The zero-order valence-corrected chi connectivity index (χ0v) is 12.3. The molecule has 106 valence electrons. The summed E-state index contributed by atoms with van der Waals surface area (Å²) in [5.74, 6) is 2.66. The van der Waals surface area contributed by atoms with Gasteiger partial charge in [0.1, 0.15) is 11.6 Å². The van der Waals surface area contributed by atoms with Crippen LogP contribution in [0.4, 0.5) is 0 Å². The van der Waals surface area contributed by atoms with E-state index in [2.05, 4.69) is 19.7 Å². The first-order chi connectivity index (χ1) is 9.74. The SMILES string of the molecule is Cc1nnc2n1CCN(CC[S@](=O)c1ccccc1)C2. The van der Waals surface area contributed by atoms with Crippen molar-refractivity contribution in [3.05, 3.63) is 42.0 Å². The number of aromatic nitrogens is 3. The van der Waals surface area contributed by atoms with E-state index in [9.17, 15) is 4.21 Å². The fourth-order valence-corrected chi connectivity index (χ4v) is 3.57. The Morgan fingerprint density at radius 2 is 2.00 bits per heavy atom. The minimum absolute atomic E-state index is 0.664. The van der Waals surface area contributed by atoms with Crippen molar-refractivity contribution in [2.45, 2.75) is 24.9 Å². The summed E-state index contributed by atoms with van der Waals surface area (Å²) in [6, 6.07) is 9.65. The van der Waals surface area contributed by atoms with Gasteiger partial charge in [-0.25, -0.2) is 0 Å². The molecule has 0 spiro atoms. The van der Waals surface area contributed by atoms with E-state index in [1.165, 1.54) is 0 Å². The van der Waals surface area contributed by atoms with Crippen molar-refractivity contribution in [1.29, 1.82) is 0 Å². The highest BCUT2D eigenvalue weighted by atomic mass is 32.2. The van der Waals surface area contributed by atoms with E-state index >= 15 is 0 Å². The van der Waals surface area contributed by atoms with Crippen molar-refractivity contribution in [1.82, 2.24) is 19.7 Å². The third-order valence-electron chi connectivity index (χ3n) is 3.62. The molecule has 0 radical (unpaired) electrons. The Bertz CT molecular complexity index is 611. The molecule has 1 aromatic carbocycles. The number of nitrogens with zero attached hydrogens (tertiary/aromatic N) is 4. The highest BCUT2D eigenvalue weighted by Gasteiger charge is 2.19. The van der Waals surface area contributed by atoms with Crippen LogP contribution in [0.5, 0.6) is 0 Å². The lowest BCUT2D eigenvalue weighted by atomic mass is 10.3. The van der Waals surface area contributed by atoms with Gasteiger partial charge in [-0.2, -0.15) is 0 Å². The van der Waals surface area contributed by atoms with E-state index in [1.807, 2.05) is 37.3 Å². The second-order valence-electron chi connectivity index (χ2n) is 4.95. The first-order valence-electron chi connectivity index (χ1n) is 6.78. The van der Waals surface area contributed by atoms with Crippen LogP contribution in [0.3, 0.4) is 0 Å². The normalized spacial score (nSPS) is 16.9. The van der Waals surface area contributed by atoms with Crippen LogP contribution in [0.25, 0.3) is 0 Å². The molecule has 20 heavy (non-hydrogen) atoms. The van der Waals surface area contributed by atoms with E-state index in [0.717, 1.165) is 42.7 Å². The van der Waals surface area contributed by atoms with Crippen LogP contribution in [0.1, 0.15) is 11.6 Å². The third-order valence-corrected chi connectivity index (χ3v) is 4.97. The first kappa shape index (κ1) is 13.5. The second kappa shape index (κ2) is 5.85. The van der Waals surface area contributed by atoms with Gasteiger partial charge in [-0.15, -0.1) is 10.2 Å². The van der Waals surface area contributed by atoms with Gasteiger partial charge in [0.25, 0.3) is 0 Å². The van der Waals surface area contributed by atoms with E-state index in [1.54, 1.807) is 0 Å². The molecule has 0 fully saturated rings. The summed E-state index contributed by atoms with van der Waals surface area (Å²) in [7, 11) is -0.922. The molecule has 6 heteroatoms. The number of hydrogen-bond donors (Lipinski definition) is 0. The Kier molecular flexibility index (Phi) is 3.93. The summed E-state index contributed by atoms with van der Waals surface area (Å²) in [5.41, 5.74) is 0. The monoisotopic (exact) mass is 290 g/mol. The minimum Gasteiger partial charge on any atom is -0.313 e. The average Bonchev–Trinajstić information content (AvgIpc) is 2.87. The number of rotatable bonds is 4. The molecular formula is C14H18N4OS. The fourth-order valence-electron chi connectivity index (χ4n) is 2.45. The van der Waals surface area contributed by atoms with Crippen LogP contribution in [0.15, 0.2) is 35.2 Å². The molecule has 0 N–H and O–H groups in total. The maximum atomic E-state index is 12.2. The lowest BCUT2D eigenvalue weighted by Gasteiger charge is -2.27. The highest BCUT2D eigenvalue weighted by molar-refractivity contribution is 7.85. The lowest BCUT2D eigenvalue weighted by molar-refractivity contribution is 0.228. The summed E-state index contributed by atoms with van der Waals surface area (Å²) < 4.78 is 14.3. The molecule has 0 aliphatic carbocycles. The molecule has 1 atom stereocenters. The van der Waals surface area contributed by atoms with E-state index in [4.69, 9.17) is 0 Å². The van der Waals surface area contributed by atoms with Crippen LogP contribution in [0.2, 0.25) is 0 Å². The molecule has 1 aliphatic rings. The zero-order valence-electron chi connectivity index (χ0n) is 11.5. The van der Waals surface area contributed by atoms with E-state index < -0.39 is 10.8 Å². The first-order valence-corrected chi connectivity index (χ1v) is 8.10. The number of fused-ring (bicyclic) bond motifs is 1. The van der Waals surface area contributed by atoms with Gasteiger partial charge in [-0.05, 0) is 19.1 Å². The molecule has 5 nitrogen and oxygen atoms in total. The van der Waals surface area contributed by atoms with Gasteiger partial charge in [0.15, 0.2) is 0 Å². The van der Waals surface area contributed by atoms with Gasteiger partial charge in [-0.3, -0.25) is 9.11 Å². The molecule has 0 bridgehead atoms. The van der Waals surface area contributed by atoms with Crippen molar-refractivity contribution in [2.75, 3.05) is 18.8 Å². The maximum absolute atomic E-state index is 12.2. The molecular weight excluding hydrogens is 272 g/mol. The zero-order chi connectivity index (χ0) is 13.9. The molecule has 2 aromatic rings. The predicted molar refractivity (Wildman–Crippen MR) is 77.8 cm³/mol. The smallest absolute Gasteiger partial charge is 0.147 e. The van der Waals surface area contributed by atoms with Crippen molar-refractivity contribution in [3.8, 4) is 0 Å². The van der Waals surface area contributed by atoms with E-state index in [0.29, 0.717) is 5.75 Å². The molecule has 1 aliphatic heterocycles. The number of hydrogen-bond acceptors (Lipinski definition) is 4. The molecule has 0 amide bonds. The predicted octanol–water partition coefficient (Wildman–Crippen LogP) is 1.21. The quantitative estimate of drug-likeness (QED) is 0.849. The van der Waals surface area contributed by atoms with Crippen LogP contribution in [0, 0.1) is 6.92 Å². The average molecular weight is 290 g/mol. The van der Waals surface area contributed by atoms with Gasteiger partial charge in [0, 0.05) is 30.3 Å². The lowest BCUT2D eigenvalue weighted by Crippen LogP contribution is -2.36. The molecule has 2 heterocycles. The summed E-state index contributed by atoms with van der Waals surface area (Å²) in [4.78, 5) is 3.20. The van der Waals surface area contributed by atoms with Crippen molar-refractivity contribution in [2.24, 2.45) is 0 Å². The van der Waals surface area contributed by atoms with Crippen LogP contribution in [-0.2, 0) is 23.9 Å². The molecule has 0 saturated heterocycles. The summed E-state index contributed by atoms with van der Waals surface area (Å²) in [5, 5.41) is 8.29. The minimum atomic E-state index is -0.922. The Labute approximate surface area is 121 Å². The largest absolute Gasteiger partial charge is 0.313 e. The Hall–Kier alpha value is -1.53. The highest BCUT2D eigenvalue weighted by Crippen LogP contribution is 2.12. The number of benzene rings is 1. The standard InChI is InChI=1S/C14H18N4OS/c1-12-15-16-14-11-17(7-8-18(12)14)9-10-20(19)13-5-3-2-4-6-13/h2-6H,7-11H2,1H3/t20-/m0/s1. The molecule has 1 aromatic heterocycles. The Morgan fingerprint density at radius 3 is 2.80 bits per heavy atom. The molecule has 0 unspecified atom stereocenters. The van der Waals surface area contributed by atoms with Crippen molar-refractivity contribution in [3.63, 3.8) is 0 Å². The second-order valence-corrected chi connectivity index (χ2v) is 6.52.